The van der Waals surface area contributed by atoms with Crippen LogP contribution in [-0.4, -0.2) is 24.0 Å². The SMILES string of the molecule is COc1cc(C(=O)O)ccc1C(=O)CC#N. The summed E-state index contributed by atoms with van der Waals surface area (Å²) in [5.41, 5.74) is 0.249. The number of hydrogen-bond donors (Lipinski definition) is 1. The summed E-state index contributed by atoms with van der Waals surface area (Å²) in [4.78, 5) is 22.1. The van der Waals surface area contributed by atoms with Gasteiger partial charge in [0.1, 0.15) is 5.75 Å². The average Bonchev–Trinajstić information content (AvgIpc) is 2.28. The minimum absolute atomic E-state index is 0.0327. The Bertz CT molecular complexity index is 473. The number of aromatic carboxylic acids is 1. The van der Waals surface area contributed by atoms with E-state index in [2.05, 4.69) is 0 Å². The molecule has 0 bridgehead atoms. The van der Waals surface area contributed by atoms with E-state index in [-0.39, 0.29) is 23.3 Å². The molecule has 82 valence electrons. The molecule has 0 aliphatic carbocycles. The predicted octanol–water partition coefficient (Wildman–Crippen LogP) is 1.49. The number of carboxylic acids is 1. The maximum Gasteiger partial charge on any atom is 0.335 e. The first-order chi connectivity index (χ1) is 7.60. The molecule has 0 amide bonds. The summed E-state index contributed by atoms with van der Waals surface area (Å²) < 4.78 is 4.91. The van der Waals surface area contributed by atoms with Crippen molar-refractivity contribution in [1.29, 1.82) is 5.26 Å². The number of rotatable bonds is 4. The van der Waals surface area contributed by atoms with E-state index in [1.807, 2.05) is 0 Å². The fraction of sp³-hybridized carbons (Fsp3) is 0.182. The minimum Gasteiger partial charge on any atom is -0.496 e. The second-order valence-electron chi connectivity index (χ2n) is 2.98. The molecule has 1 aromatic carbocycles. The van der Waals surface area contributed by atoms with Crippen LogP contribution in [0.1, 0.15) is 27.1 Å². The van der Waals surface area contributed by atoms with Gasteiger partial charge in [-0.3, -0.25) is 4.79 Å². The molecule has 1 aromatic rings. The third kappa shape index (κ3) is 2.36. The molecule has 0 aliphatic rings. The zero-order chi connectivity index (χ0) is 12.1. The van der Waals surface area contributed by atoms with Crippen molar-refractivity contribution < 1.29 is 19.4 Å². The van der Waals surface area contributed by atoms with Crippen LogP contribution >= 0.6 is 0 Å². The highest BCUT2D eigenvalue weighted by Crippen LogP contribution is 2.21. The summed E-state index contributed by atoms with van der Waals surface area (Å²) >= 11 is 0. The number of Topliss-reactive ketones (excluding diaryl/α,β-unsaturated/α-hetero) is 1. The third-order valence-electron chi connectivity index (χ3n) is 1.99. The molecule has 0 aliphatic heterocycles. The minimum atomic E-state index is -1.10. The number of nitrogens with zero attached hydrogens (tertiary/aromatic N) is 1. The Labute approximate surface area is 91.9 Å². The smallest absolute Gasteiger partial charge is 0.335 e. The van der Waals surface area contributed by atoms with Gasteiger partial charge in [0.15, 0.2) is 5.78 Å². The Morgan fingerprint density at radius 1 is 1.50 bits per heavy atom. The lowest BCUT2D eigenvalue weighted by atomic mass is 10.0. The lowest BCUT2D eigenvalue weighted by molar-refractivity contribution is 0.0696. The van der Waals surface area contributed by atoms with E-state index in [0.29, 0.717) is 0 Å². The van der Waals surface area contributed by atoms with Gasteiger partial charge in [-0.05, 0) is 18.2 Å². The van der Waals surface area contributed by atoms with E-state index in [0.717, 1.165) is 0 Å². The Balaban J connectivity index is 3.17. The Morgan fingerprint density at radius 2 is 2.19 bits per heavy atom. The molecule has 0 atom stereocenters. The zero-order valence-electron chi connectivity index (χ0n) is 8.56. The number of carboxylic acid groups (broad SMARTS) is 1. The highest BCUT2D eigenvalue weighted by Gasteiger charge is 2.14. The first kappa shape index (κ1) is 11.7. The standard InChI is InChI=1S/C11H9NO4/c1-16-10-6-7(11(14)15)2-3-8(10)9(13)4-5-12/h2-3,6H,4H2,1H3,(H,14,15). The molecule has 5 heteroatoms. The summed E-state index contributed by atoms with van der Waals surface area (Å²) in [6.07, 6.45) is -0.261. The normalized spacial score (nSPS) is 9.25. The molecule has 0 aromatic heterocycles. The summed E-state index contributed by atoms with van der Waals surface area (Å²) in [5.74, 6) is -1.32. The number of benzene rings is 1. The van der Waals surface area contributed by atoms with Crippen LogP contribution in [0.2, 0.25) is 0 Å². The number of methoxy groups -OCH3 is 1. The summed E-state index contributed by atoms with van der Waals surface area (Å²) in [5, 5.41) is 17.1. The third-order valence-corrected chi connectivity index (χ3v) is 1.99. The average molecular weight is 219 g/mol. The maximum atomic E-state index is 11.5. The molecule has 1 N–H and O–H groups in total. The summed E-state index contributed by atoms with van der Waals surface area (Å²) in [6.45, 7) is 0. The zero-order valence-corrected chi connectivity index (χ0v) is 8.56. The maximum absolute atomic E-state index is 11.5. The van der Waals surface area contributed by atoms with Crippen LogP contribution in [0.5, 0.6) is 5.75 Å². The van der Waals surface area contributed by atoms with Crippen LogP contribution in [0.4, 0.5) is 0 Å². The predicted molar refractivity (Wildman–Crippen MR) is 54.5 cm³/mol. The second-order valence-corrected chi connectivity index (χ2v) is 2.98. The van der Waals surface area contributed by atoms with E-state index in [1.165, 1.54) is 25.3 Å². The van der Waals surface area contributed by atoms with Gasteiger partial charge in [-0.15, -0.1) is 0 Å². The highest BCUT2D eigenvalue weighted by molar-refractivity contribution is 6.01. The van der Waals surface area contributed by atoms with Gasteiger partial charge in [-0.25, -0.2) is 4.79 Å². The van der Waals surface area contributed by atoms with Gasteiger partial charge in [0, 0.05) is 0 Å². The fourth-order valence-electron chi connectivity index (χ4n) is 1.22. The van der Waals surface area contributed by atoms with Gasteiger partial charge in [0.25, 0.3) is 0 Å². The Hall–Kier alpha value is -2.35. The Morgan fingerprint density at radius 3 is 2.69 bits per heavy atom. The quantitative estimate of drug-likeness (QED) is 0.775. The van der Waals surface area contributed by atoms with Gasteiger partial charge in [-0.1, -0.05) is 0 Å². The van der Waals surface area contributed by atoms with Crippen LogP contribution in [0.3, 0.4) is 0 Å². The topological polar surface area (TPSA) is 87.4 Å². The molecule has 0 saturated heterocycles. The van der Waals surface area contributed by atoms with E-state index in [1.54, 1.807) is 6.07 Å². The van der Waals surface area contributed by atoms with Gasteiger partial charge in [0.2, 0.25) is 0 Å². The summed E-state index contributed by atoms with van der Waals surface area (Å²) in [7, 11) is 1.34. The van der Waals surface area contributed by atoms with Gasteiger partial charge < -0.3 is 9.84 Å². The molecular weight excluding hydrogens is 210 g/mol. The van der Waals surface area contributed by atoms with E-state index < -0.39 is 11.8 Å². The molecular formula is C11H9NO4. The van der Waals surface area contributed by atoms with Crippen LogP contribution in [0.15, 0.2) is 18.2 Å². The molecule has 0 unspecified atom stereocenters. The molecule has 0 saturated carbocycles. The van der Waals surface area contributed by atoms with Crippen LogP contribution < -0.4 is 4.74 Å². The summed E-state index contributed by atoms with van der Waals surface area (Å²) in [6, 6.07) is 5.64. The largest absolute Gasteiger partial charge is 0.496 e. The number of carbonyl (C=O) groups is 2. The van der Waals surface area contributed by atoms with E-state index in [4.69, 9.17) is 15.1 Å². The van der Waals surface area contributed by atoms with Crippen molar-refractivity contribution in [2.24, 2.45) is 0 Å². The molecule has 0 spiro atoms. The van der Waals surface area contributed by atoms with Crippen molar-refractivity contribution in [3.05, 3.63) is 29.3 Å². The molecule has 5 nitrogen and oxygen atoms in total. The van der Waals surface area contributed by atoms with Crippen LogP contribution in [0, 0.1) is 11.3 Å². The lowest BCUT2D eigenvalue weighted by Gasteiger charge is -2.06. The van der Waals surface area contributed by atoms with Crippen molar-refractivity contribution in [2.45, 2.75) is 6.42 Å². The van der Waals surface area contributed by atoms with Crippen molar-refractivity contribution >= 4 is 11.8 Å². The van der Waals surface area contributed by atoms with Crippen molar-refractivity contribution in [1.82, 2.24) is 0 Å². The van der Waals surface area contributed by atoms with Crippen LogP contribution in [-0.2, 0) is 0 Å². The monoisotopic (exact) mass is 219 g/mol. The number of carbonyl (C=O) groups excluding carboxylic acids is 1. The number of ether oxygens (including phenoxy) is 1. The number of ketones is 1. The second kappa shape index (κ2) is 4.94. The molecule has 16 heavy (non-hydrogen) atoms. The fourth-order valence-corrected chi connectivity index (χ4v) is 1.22. The van der Waals surface area contributed by atoms with Gasteiger partial charge in [-0.2, -0.15) is 5.26 Å². The number of hydrogen-bond acceptors (Lipinski definition) is 4. The number of nitriles is 1. The first-order valence-corrected chi connectivity index (χ1v) is 4.41. The highest BCUT2D eigenvalue weighted by atomic mass is 16.5. The Kier molecular flexibility index (Phi) is 3.62. The lowest BCUT2D eigenvalue weighted by Crippen LogP contribution is -2.04. The molecule has 1 rings (SSSR count). The molecule has 0 fully saturated rings. The van der Waals surface area contributed by atoms with Crippen molar-refractivity contribution in [3.63, 3.8) is 0 Å². The van der Waals surface area contributed by atoms with Gasteiger partial charge >= 0.3 is 5.97 Å². The van der Waals surface area contributed by atoms with E-state index >= 15 is 0 Å². The van der Waals surface area contributed by atoms with Crippen molar-refractivity contribution in [2.75, 3.05) is 7.11 Å². The van der Waals surface area contributed by atoms with Crippen molar-refractivity contribution in [3.8, 4) is 11.8 Å². The van der Waals surface area contributed by atoms with E-state index in [9.17, 15) is 9.59 Å². The van der Waals surface area contributed by atoms with Crippen LogP contribution in [0.25, 0.3) is 0 Å². The first-order valence-electron chi connectivity index (χ1n) is 4.41. The molecule has 0 heterocycles. The molecule has 0 radical (unpaired) electrons. The van der Waals surface area contributed by atoms with Gasteiger partial charge in [0.05, 0.1) is 30.7 Å².